The van der Waals surface area contributed by atoms with Gasteiger partial charge in [0.15, 0.2) is 5.72 Å². The summed E-state index contributed by atoms with van der Waals surface area (Å²) in [6, 6.07) is 9.89. The van der Waals surface area contributed by atoms with Crippen LogP contribution in [0.25, 0.3) is 0 Å². The Bertz CT molecular complexity index is 687. The van der Waals surface area contributed by atoms with E-state index in [2.05, 4.69) is 11.9 Å². The summed E-state index contributed by atoms with van der Waals surface area (Å²) in [4.78, 5) is 4.15. The van der Waals surface area contributed by atoms with E-state index in [0.29, 0.717) is 0 Å². The van der Waals surface area contributed by atoms with Gasteiger partial charge in [-0.1, -0.05) is 24.3 Å². The van der Waals surface area contributed by atoms with Crippen molar-refractivity contribution in [2.24, 2.45) is 5.84 Å². The van der Waals surface area contributed by atoms with Crippen LogP contribution in [0, 0.1) is 0 Å². The van der Waals surface area contributed by atoms with Gasteiger partial charge < -0.3 is 5.11 Å². The average Bonchev–Trinajstić information content (AvgIpc) is 2.55. The van der Waals surface area contributed by atoms with E-state index in [9.17, 15) is 5.11 Å². The van der Waals surface area contributed by atoms with Gasteiger partial charge in [-0.25, -0.2) is 0 Å². The molecule has 2 aliphatic rings. The van der Waals surface area contributed by atoms with Crippen molar-refractivity contribution in [2.45, 2.75) is 24.6 Å². The Morgan fingerprint density at radius 1 is 1.21 bits per heavy atom. The highest BCUT2D eigenvalue weighted by Gasteiger charge is 2.59. The van der Waals surface area contributed by atoms with Gasteiger partial charge in [-0.05, 0) is 30.5 Å². The predicted molar refractivity (Wildman–Crippen MR) is 70.8 cm³/mol. The minimum absolute atomic E-state index is 0.375. The van der Waals surface area contributed by atoms with Gasteiger partial charge in [-0.3, -0.25) is 10.8 Å². The summed E-state index contributed by atoms with van der Waals surface area (Å²) in [5.74, 6) is 6.27. The Labute approximate surface area is 111 Å². The third-order valence-corrected chi connectivity index (χ3v) is 4.58. The van der Waals surface area contributed by atoms with Crippen LogP contribution in [0.2, 0.25) is 0 Å². The highest BCUT2D eigenvalue weighted by Crippen LogP contribution is 2.54. The molecule has 0 spiro atoms. The first-order chi connectivity index (χ1) is 9.08. The molecular weight excluding hydrogens is 238 g/mol. The second-order valence-electron chi connectivity index (χ2n) is 5.57. The molecule has 2 aromatic rings. The van der Waals surface area contributed by atoms with Gasteiger partial charge in [0.2, 0.25) is 0 Å². The number of pyridine rings is 1. The van der Waals surface area contributed by atoms with Crippen molar-refractivity contribution in [1.29, 1.82) is 0 Å². The molecule has 19 heavy (non-hydrogen) atoms. The Kier molecular flexibility index (Phi) is 1.88. The Hall–Kier alpha value is -1.75. The van der Waals surface area contributed by atoms with Crippen molar-refractivity contribution in [3.63, 3.8) is 0 Å². The molecule has 3 heterocycles. The lowest BCUT2D eigenvalue weighted by Gasteiger charge is -2.45. The largest absolute Gasteiger partial charge is 0.366 e. The van der Waals surface area contributed by atoms with Gasteiger partial charge in [-0.2, -0.15) is 5.01 Å². The van der Waals surface area contributed by atoms with E-state index in [1.165, 1.54) is 0 Å². The zero-order valence-electron chi connectivity index (χ0n) is 10.7. The van der Waals surface area contributed by atoms with Crippen LogP contribution in [-0.4, -0.2) is 15.1 Å². The quantitative estimate of drug-likeness (QED) is 0.693. The molecule has 4 heteroatoms. The second kappa shape index (κ2) is 3.22. The Morgan fingerprint density at radius 3 is 2.74 bits per heavy atom. The molecule has 0 aliphatic carbocycles. The fourth-order valence-electron chi connectivity index (χ4n) is 3.59. The summed E-state index contributed by atoms with van der Waals surface area (Å²) in [7, 11) is 0. The zero-order valence-corrected chi connectivity index (χ0v) is 10.7. The molecule has 0 saturated carbocycles. The first-order valence-corrected chi connectivity index (χ1v) is 6.39. The summed E-state index contributed by atoms with van der Waals surface area (Å²) < 4.78 is 0. The zero-order chi connectivity index (χ0) is 13.3. The fourth-order valence-corrected chi connectivity index (χ4v) is 3.59. The van der Waals surface area contributed by atoms with Crippen molar-refractivity contribution < 1.29 is 5.11 Å². The molecule has 4 rings (SSSR count). The maximum Gasteiger partial charge on any atom is 0.186 e. The summed E-state index contributed by atoms with van der Waals surface area (Å²) in [6.07, 6.45) is 4.26. The van der Waals surface area contributed by atoms with Crippen LogP contribution in [0.15, 0.2) is 42.7 Å². The smallest absolute Gasteiger partial charge is 0.186 e. The van der Waals surface area contributed by atoms with Crippen LogP contribution < -0.4 is 5.84 Å². The number of aliphatic hydroxyl groups is 1. The normalized spacial score (nSPS) is 31.9. The molecule has 1 aromatic heterocycles. The van der Waals surface area contributed by atoms with E-state index >= 15 is 0 Å². The molecule has 0 saturated heterocycles. The number of nitrogens with two attached hydrogens (primary N) is 1. The number of hydrogen-bond donors (Lipinski definition) is 2. The van der Waals surface area contributed by atoms with E-state index in [1.807, 2.05) is 30.3 Å². The van der Waals surface area contributed by atoms with Crippen molar-refractivity contribution in [3.05, 3.63) is 65.0 Å². The molecule has 0 amide bonds. The van der Waals surface area contributed by atoms with E-state index in [-0.39, 0.29) is 5.54 Å². The van der Waals surface area contributed by atoms with E-state index < -0.39 is 5.72 Å². The van der Waals surface area contributed by atoms with Crippen LogP contribution in [0.3, 0.4) is 0 Å². The summed E-state index contributed by atoms with van der Waals surface area (Å²) in [5.41, 5.74) is 2.22. The van der Waals surface area contributed by atoms with Gasteiger partial charge >= 0.3 is 0 Å². The lowest BCUT2D eigenvalue weighted by atomic mass is 9.84. The predicted octanol–water partition coefficient (Wildman–Crippen LogP) is 1.24. The Balaban J connectivity index is 2.13. The SMILES string of the molecule is CC12Cc3ccncc3C(O)(c3ccccc31)N2N. The van der Waals surface area contributed by atoms with E-state index in [0.717, 1.165) is 28.7 Å². The van der Waals surface area contributed by atoms with E-state index in [1.54, 1.807) is 17.4 Å². The summed E-state index contributed by atoms with van der Waals surface area (Å²) in [5, 5.41) is 12.8. The minimum Gasteiger partial charge on any atom is -0.366 e. The lowest BCUT2D eigenvalue weighted by molar-refractivity contribution is -0.127. The first kappa shape index (κ1) is 11.1. The van der Waals surface area contributed by atoms with Crippen LogP contribution >= 0.6 is 0 Å². The van der Waals surface area contributed by atoms with Crippen molar-refractivity contribution >= 4 is 0 Å². The topological polar surface area (TPSA) is 62.4 Å². The molecule has 0 fully saturated rings. The molecule has 2 unspecified atom stereocenters. The van der Waals surface area contributed by atoms with Gasteiger partial charge in [0.1, 0.15) is 0 Å². The number of hydrogen-bond acceptors (Lipinski definition) is 4. The van der Waals surface area contributed by atoms with Gasteiger partial charge in [0.25, 0.3) is 0 Å². The van der Waals surface area contributed by atoms with Crippen LogP contribution in [0.5, 0.6) is 0 Å². The molecule has 0 radical (unpaired) electrons. The molecule has 3 N–H and O–H groups in total. The third kappa shape index (κ3) is 1.08. The average molecular weight is 253 g/mol. The van der Waals surface area contributed by atoms with Crippen LogP contribution in [-0.2, 0) is 17.7 Å². The number of benzene rings is 1. The first-order valence-electron chi connectivity index (χ1n) is 6.39. The van der Waals surface area contributed by atoms with Gasteiger partial charge in [0.05, 0.1) is 5.54 Å². The molecule has 2 bridgehead atoms. The second-order valence-corrected chi connectivity index (χ2v) is 5.57. The summed E-state index contributed by atoms with van der Waals surface area (Å²) >= 11 is 0. The monoisotopic (exact) mass is 253 g/mol. The maximum absolute atomic E-state index is 11.2. The Morgan fingerprint density at radius 2 is 1.95 bits per heavy atom. The molecule has 1 aromatic carbocycles. The summed E-state index contributed by atoms with van der Waals surface area (Å²) in [6.45, 7) is 2.08. The molecular formula is C15H15N3O. The number of aromatic nitrogens is 1. The van der Waals surface area contributed by atoms with Crippen molar-refractivity contribution in [2.75, 3.05) is 0 Å². The number of fused-ring (bicyclic) bond motifs is 7. The number of hydrazine groups is 1. The highest BCUT2D eigenvalue weighted by atomic mass is 16.3. The minimum atomic E-state index is -1.27. The van der Waals surface area contributed by atoms with Gasteiger partial charge in [-0.15, -0.1) is 0 Å². The van der Waals surface area contributed by atoms with Gasteiger partial charge in [0, 0.05) is 23.5 Å². The molecule has 2 atom stereocenters. The van der Waals surface area contributed by atoms with Crippen molar-refractivity contribution in [1.82, 2.24) is 9.99 Å². The third-order valence-electron chi connectivity index (χ3n) is 4.58. The highest BCUT2D eigenvalue weighted by molar-refractivity contribution is 5.54. The van der Waals surface area contributed by atoms with Crippen molar-refractivity contribution in [3.8, 4) is 0 Å². The van der Waals surface area contributed by atoms with Crippen LogP contribution in [0.4, 0.5) is 0 Å². The molecule has 2 aliphatic heterocycles. The number of nitrogens with zero attached hydrogens (tertiary/aromatic N) is 2. The van der Waals surface area contributed by atoms with Crippen LogP contribution in [0.1, 0.15) is 29.2 Å². The standard InChI is InChI=1S/C15H15N3O/c1-14-8-10-6-7-17-9-13(10)15(19,18(14)16)12-5-3-2-4-11(12)14/h2-7,9,19H,8,16H2,1H3. The lowest BCUT2D eigenvalue weighted by Crippen LogP contribution is -2.58. The fraction of sp³-hybridized carbons (Fsp3) is 0.267. The van der Waals surface area contributed by atoms with E-state index in [4.69, 9.17) is 5.84 Å². The maximum atomic E-state index is 11.2. The molecule has 96 valence electrons. The molecule has 4 nitrogen and oxygen atoms in total. The number of rotatable bonds is 0.